The highest BCUT2D eigenvalue weighted by Gasteiger charge is 2.49. The molecule has 1 aliphatic carbocycles. The van der Waals surface area contributed by atoms with Crippen molar-refractivity contribution in [2.75, 3.05) is 36.4 Å². The van der Waals surface area contributed by atoms with Crippen LogP contribution >= 0.6 is 0 Å². The summed E-state index contributed by atoms with van der Waals surface area (Å²) in [6, 6.07) is 15.8. The zero-order valence-electron chi connectivity index (χ0n) is 16.5. The Bertz CT molecular complexity index is 873. The van der Waals surface area contributed by atoms with Gasteiger partial charge in [-0.05, 0) is 49.6 Å². The minimum Gasteiger partial charge on any atom is -0.368 e. The first-order chi connectivity index (χ1) is 13.5. The number of anilines is 2. The molecule has 2 amide bonds. The maximum Gasteiger partial charge on any atom is 0.228 e. The van der Waals surface area contributed by atoms with E-state index in [-0.39, 0.29) is 23.7 Å². The van der Waals surface area contributed by atoms with Crippen molar-refractivity contribution >= 4 is 23.2 Å². The molecule has 1 N–H and O–H groups in total. The highest BCUT2D eigenvalue weighted by molar-refractivity contribution is 5.99. The van der Waals surface area contributed by atoms with E-state index in [1.807, 2.05) is 35.2 Å². The summed E-state index contributed by atoms with van der Waals surface area (Å²) in [7, 11) is 0. The molecule has 2 atom stereocenters. The third-order valence-electron chi connectivity index (χ3n) is 5.99. The SMILES string of the molecule is Cc1cccc(N2CCN(C(=O)C3CC3C(=O)Nc3ccccc3)CC2)c1C. The number of nitrogens with zero attached hydrogens (tertiary/aromatic N) is 2. The Morgan fingerprint density at radius 3 is 2.32 bits per heavy atom. The van der Waals surface area contributed by atoms with Gasteiger partial charge in [-0.15, -0.1) is 0 Å². The summed E-state index contributed by atoms with van der Waals surface area (Å²) in [5.74, 6) is -0.256. The molecule has 0 spiro atoms. The van der Waals surface area contributed by atoms with Gasteiger partial charge in [-0.2, -0.15) is 0 Å². The van der Waals surface area contributed by atoms with Crippen molar-refractivity contribution in [3.63, 3.8) is 0 Å². The fourth-order valence-corrected chi connectivity index (χ4v) is 3.99. The zero-order valence-corrected chi connectivity index (χ0v) is 16.5. The van der Waals surface area contributed by atoms with Gasteiger partial charge in [-0.1, -0.05) is 30.3 Å². The molecule has 1 saturated heterocycles. The van der Waals surface area contributed by atoms with E-state index in [9.17, 15) is 9.59 Å². The van der Waals surface area contributed by atoms with Gasteiger partial charge < -0.3 is 15.1 Å². The Morgan fingerprint density at radius 2 is 1.61 bits per heavy atom. The molecule has 2 fully saturated rings. The first-order valence-corrected chi connectivity index (χ1v) is 10.0. The maximum absolute atomic E-state index is 12.8. The van der Waals surface area contributed by atoms with Crippen molar-refractivity contribution < 1.29 is 9.59 Å². The number of piperazine rings is 1. The van der Waals surface area contributed by atoms with E-state index >= 15 is 0 Å². The second-order valence-corrected chi connectivity index (χ2v) is 7.84. The van der Waals surface area contributed by atoms with Crippen LogP contribution in [0.4, 0.5) is 11.4 Å². The van der Waals surface area contributed by atoms with Crippen molar-refractivity contribution in [1.29, 1.82) is 0 Å². The Kier molecular flexibility index (Phi) is 5.07. The second-order valence-electron chi connectivity index (χ2n) is 7.84. The average Bonchev–Trinajstić information content (AvgIpc) is 3.52. The van der Waals surface area contributed by atoms with E-state index in [4.69, 9.17) is 0 Å². The van der Waals surface area contributed by atoms with Crippen LogP contribution in [0.5, 0.6) is 0 Å². The van der Waals surface area contributed by atoms with E-state index in [2.05, 4.69) is 42.3 Å². The topological polar surface area (TPSA) is 52.7 Å². The molecule has 1 heterocycles. The summed E-state index contributed by atoms with van der Waals surface area (Å²) in [6.45, 7) is 7.40. The maximum atomic E-state index is 12.8. The van der Waals surface area contributed by atoms with Crippen molar-refractivity contribution in [2.24, 2.45) is 11.8 Å². The van der Waals surface area contributed by atoms with Gasteiger partial charge in [-0.3, -0.25) is 9.59 Å². The third-order valence-corrected chi connectivity index (χ3v) is 5.99. The van der Waals surface area contributed by atoms with Crippen LogP contribution in [0, 0.1) is 25.7 Å². The van der Waals surface area contributed by atoms with E-state index in [1.165, 1.54) is 16.8 Å². The molecule has 4 rings (SSSR count). The fraction of sp³-hybridized carbons (Fsp3) is 0.391. The average molecular weight is 377 g/mol. The van der Waals surface area contributed by atoms with Crippen LogP contribution in [0.15, 0.2) is 48.5 Å². The normalized spacial score (nSPS) is 21.4. The molecule has 1 saturated carbocycles. The standard InChI is InChI=1S/C23H27N3O2/c1-16-7-6-10-21(17(16)2)25-11-13-26(14-12-25)23(28)20-15-19(20)22(27)24-18-8-4-3-5-9-18/h3-10,19-20H,11-15H2,1-2H3,(H,24,27). The predicted octanol–water partition coefficient (Wildman–Crippen LogP) is 3.23. The molecule has 28 heavy (non-hydrogen) atoms. The molecule has 2 unspecified atom stereocenters. The molecule has 0 bridgehead atoms. The largest absolute Gasteiger partial charge is 0.368 e. The Hall–Kier alpha value is -2.82. The number of hydrogen-bond acceptors (Lipinski definition) is 3. The van der Waals surface area contributed by atoms with Crippen molar-refractivity contribution in [3.8, 4) is 0 Å². The van der Waals surface area contributed by atoms with Crippen LogP contribution in [-0.4, -0.2) is 42.9 Å². The summed E-state index contributed by atoms with van der Waals surface area (Å²) >= 11 is 0. The third kappa shape index (κ3) is 3.75. The highest BCUT2D eigenvalue weighted by Crippen LogP contribution is 2.41. The molecular weight excluding hydrogens is 350 g/mol. The number of carbonyl (C=O) groups excluding carboxylic acids is 2. The fourth-order valence-electron chi connectivity index (χ4n) is 3.99. The number of hydrogen-bond donors (Lipinski definition) is 1. The van der Waals surface area contributed by atoms with Gasteiger partial charge in [-0.25, -0.2) is 0 Å². The van der Waals surface area contributed by atoms with Crippen molar-refractivity contribution in [2.45, 2.75) is 20.3 Å². The van der Waals surface area contributed by atoms with Gasteiger partial charge in [0.05, 0.1) is 11.8 Å². The van der Waals surface area contributed by atoms with E-state index in [1.54, 1.807) is 0 Å². The number of amides is 2. The van der Waals surface area contributed by atoms with Crippen LogP contribution in [-0.2, 0) is 9.59 Å². The van der Waals surface area contributed by atoms with Gasteiger partial charge in [0.15, 0.2) is 0 Å². The molecule has 146 valence electrons. The lowest BCUT2D eigenvalue weighted by Gasteiger charge is -2.37. The minimum atomic E-state index is -0.190. The lowest BCUT2D eigenvalue weighted by Crippen LogP contribution is -2.49. The molecule has 2 aromatic carbocycles. The summed E-state index contributed by atoms with van der Waals surface area (Å²) in [4.78, 5) is 29.5. The first-order valence-electron chi connectivity index (χ1n) is 10.0. The molecule has 0 radical (unpaired) electrons. The molecule has 1 aliphatic heterocycles. The van der Waals surface area contributed by atoms with Crippen LogP contribution < -0.4 is 10.2 Å². The van der Waals surface area contributed by atoms with Gasteiger partial charge in [0.2, 0.25) is 11.8 Å². The van der Waals surface area contributed by atoms with Gasteiger partial charge >= 0.3 is 0 Å². The number of rotatable bonds is 4. The molecule has 2 aliphatic rings. The van der Waals surface area contributed by atoms with Crippen LogP contribution in [0.25, 0.3) is 0 Å². The van der Waals surface area contributed by atoms with Crippen LogP contribution in [0.2, 0.25) is 0 Å². The summed E-state index contributed by atoms with van der Waals surface area (Å²) in [5.41, 5.74) is 4.65. The number of carbonyl (C=O) groups is 2. The van der Waals surface area contributed by atoms with Crippen molar-refractivity contribution in [3.05, 3.63) is 59.7 Å². The molecule has 5 nitrogen and oxygen atoms in total. The van der Waals surface area contributed by atoms with Crippen LogP contribution in [0.3, 0.4) is 0 Å². The number of benzene rings is 2. The lowest BCUT2D eigenvalue weighted by atomic mass is 10.1. The zero-order chi connectivity index (χ0) is 19.7. The quantitative estimate of drug-likeness (QED) is 0.890. The van der Waals surface area contributed by atoms with Crippen LogP contribution in [0.1, 0.15) is 17.5 Å². The van der Waals surface area contributed by atoms with Gasteiger partial charge in [0, 0.05) is 37.6 Å². The Balaban J connectivity index is 1.30. The summed E-state index contributed by atoms with van der Waals surface area (Å²) < 4.78 is 0. The first kappa shape index (κ1) is 18.5. The smallest absolute Gasteiger partial charge is 0.228 e. The van der Waals surface area contributed by atoms with E-state index < -0.39 is 0 Å². The van der Waals surface area contributed by atoms with Gasteiger partial charge in [0.25, 0.3) is 0 Å². The van der Waals surface area contributed by atoms with E-state index in [0.717, 1.165) is 31.9 Å². The predicted molar refractivity (Wildman–Crippen MR) is 111 cm³/mol. The second kappa shape index (κ2) is 7.66. The molecule has 0 aromatic heterocycles. The Labute approximate surface area is 166 Å². The Morgan fingerprint density at radius 1 is 0.893 bits per heavy atom. The molecule has 2 aromatic rings. The van der Waals surface area contributed by atoms with Gasteiger partial charge in [0.1, 0.15) is 0 Å². The molecular formula is C23H27N3O2. The number of para-hydroxylation sites is 1. The monoisotopic (exact) mass is 377 g/mol. The number of nitrogens with one attached hydrogen (secondary N) is 1. The number of aryl methyl sites for hydroxylation is 1. The molecule has 5 heteroatoms. The summed E-state index contributed by atoms with van der Waals surface area (Å²) in [6.07, 6.45) is 0.661. The lowest BCUT2D eigenvalue weighted by molar-refractivity contribution is -0.134. The van der Waals surface area contributed by atoms with Crippen molar-refractivity contribution in [1.82, 2.24) is 4.90 Å². The highest BCUT2D eigenvalue weighted by atomic mass is 16.2. The summed E-state index contributed by atoms with van der Waals surface area (Å²) in [5, 5.41) is 2.91. The minimum absolute atomic E-state index is 0.0430. The van der Waals surface area contributed by atoms with E-state index in [0.29, 0.717) is 6.42 Å².